The Labute approximate surface area is 222 Å². The van der Waals surface area contributed by atoms with Gasteiger partial charge in [0.25, 0.3) is 0 Å². The number of nitrogens with zero attached hydrogens (tertiary/aromatic N) is 3. The molecule has 1 aromatic heterocycles. The van der Waals surface area contributed by atoms with E-state index in [2.05, 4.69) is 15.4 Å². The molecule has 1 aromatic rings. The van der Waals surface area contributed by atoms with Gasteiger partial charge in [-0.1, -0.05) is 56.5 Å². The number of piperidine rings is 2. The Morgan fingerprint density at radius 3 is 2.27 bits per heavy atom. The van der Waals surface area contributed by atoms with Crippen LogP contribution in [0.25, 0.3) is 0 Å². The molecule has 7 heteroatoms. The summed E-state index contributed by atoms with van der Waals surface area (Å²) in [6, 6.07) is 0.472. The summed E-state index contributed by atoms with van der Waals surface area (Å²) in [5.74, 6) is 3.65. The number of carbonyl (C=O) groups is 1. The van der Waals surface area contributed by atoms with Gasteiger partial charge in [-0.2, -0.15) is 4.98 Å². The van der Waals surface area contributed by atoms with Gasteiger partial charge in [0.15, 0.2) is 5.82 Å². The van der Waals surface area contributed by atoms with Gasteiger partial charge in [-0.05, 0) is 63.7 Å². The van der Waals surface area contributed by atoms with Crippen LogP contribution in [0.1, 0.15) is 133 Å². The predicted molar refractivity (Wildman–Crippen MR) is 142 cm³/mol. The lowest BCUT2D eigenvalue weighted by molar-refractivity contribution is -0.139. The van der Waals surface area contributed by atoms with Crippen LogP contribution >= 0.6 is 0 Å². The summed E-state index contributed by atoms with van der Waals surface area (Å²) >= 11 is 0. The van der Waals surface area contributed by atoms with Gasteiger partial charge in [0.2, 0.25) is 11.8 Å². The van der Waals surface area contributed by atoms with Crippen LogP contribution in [-0.2, 0) is 9.53 Å². The third-order valence-electron chi connectivity index (χ3n) is 10.4. The summed E-state index contributed by atoms with van der Waals surface area (Å²) in [4.78, 5) is 19.8. The Morgan fingerprint density at radius 2 is 1.62 bits per heavy atom. The minimum absolute atomic E-state index is 0.190. The molecule has 3 unspecified atom stereocenters. The number of carbonyl (C=O) groups excluding carboxylic acids is 1. The maximum absolute atomic E-state index is 12.7. The van der Waals surface area contributed by atoms with E-state index in [-0.39, 0.29) is 5.54 Å². The van der Waals surface area contributed by atoms with Crippen molar-refractivity contribution in [1.82, 2.24) is 20.4 Å². The van der Waals surface area contributed by atoms with Crippen molar-refractivity contribution in [3.05, 3.63) is 11.7 Å². The molecule has 7 nitrogen and oxygen atoms in total. The molecule has 3 saturated heterocycles. The van der Waals surface area contributed by atoms with E-state index in [1.54, 1.807) is 0 Å². The summed E-state index contributed by atoms with van der Waals surface area (Å²) in [5, 5.41) is 8.75. The Hall–Kier alpha value is -1.47. The number of rotatable bonds is 4. The predicted octanol–water partition coefficient (Wildman–Crippen LogP) is 5.71. The van der Waals surface area contributed by atoms with Gasteiger partial charge in [0.05, 0.1) is 6.61 Å². The van der Waals surface area contributed by atoms with E-state index in [1.807, 2.05) is 0 Å². The molecule has 2 saturated carbocycles. The van der Waals surface area contributed by atoms with Crippen LogP contribution in [-0.4, -0.2) is 58.8 Å². The molecule has 1 N–H and O–H groups in total. The second-order valence-corrected chi connectivity index (χ2v) is 13.0. The quantitative estimate of drug-likeness (QED) is 0.556. The average Bonchev–Trinajstić information content (AvgIpc) is 3.60. The molecule has 6 rings (SSSR count). The van der Waals surface area contributed by atoms with E-state index >= 15 is 0 Å². The monoisotopic (exact) mass is 512 g/mol. The first-order valence-electron chi connectivity index (χ1n) is 15.7. The minimum Gasteiger partial charge on any atom is -0.381 e. The largest absolute Gasteiger partial charge is 0.381 e. The minimum atomic E-state index is 0.190. The van der Waals surface area contributed by atoms with E-state index in [9.17, 15) is 4.79 Å². The van der Waals surface area contributed by atoms with Crippen molar-refractivity contribution in [3.63, 3.8) is 0 Å². The first kappa shape index (κ1) is 25.8. The molecule has 0 radical (unpaired) electrons. The number of likely N-dealkylation sites (tertiary alicyclic amines) is 1. The van der Waals surface area contributed by atoms with Gasteiger partial charge in [-0.3, -0.25) is 4.79 Å². The summed E-state index contributed by atoms with van der Waals surface area (Å²) < 4.78 is 11.9. The van der Waals surface area contributed by atoms with E-state index in [0.717, 1.165) is 83.0 Å². The average molecular weight is 513 g/mol. The van der Waals surface area contributed by atoms with E-state index < -0.39 is 0 Å². The second kappa shape index (κ2) is 11.7. The number of hydrogen-bond donors (Lipinski definition) is 1. The number of nitrogens with one attached hydrogen (secondary N) is 1. The molecule has 3 atom stereocenters. The molecular formula is C30H48N4O3. The lowest BCUT2D eigenvalue weighted by atomic mass is 9.71. The fraction of sp³-hybridized carbons (Fsp3) is 0.900. The van der Waals surface area contributed by atoms with Crippen LogP contribution < -0.4 is 5.32 Å². The zero-order valence-corrected chi connectivity index (χ0v) is 22.8. The molecule has 5 aliphatic rings. The van der Waals surface area contributed by atoms with Crippen molar-refractivity contribution in [2.24, 2.45) is 11.8 Å². The lowest BCUT2D eigenvalue weighted by Gasteiger charge is -2.47. The van der Waals surface area contributed by atoms with Crippen LogP contribution in [0.15, 0.2) is 4.52 Å². The Kier molecular flexibility index (Phi) is 8.18. The number of amides is 1. The Balaban J connectivity index is 1.14. The van der Waals surface area contributed by atoms with E-state index in [4.69, 9.17) is 14.2 Å². The Bertz CT molecular complexity index is 875. The van der Waals surface area contributed by atoms with Crippen molar-refractivity contribution >= 4 is 5.91 Å². The zero-order valence-electron chi connectivity index (χ0n) is 22.8. The highest BCUT2D eigenvalue weighted by atomic mass is 16.5. The fourth-order valence-electron chi connectivity index (χ4n) is 7.88. The van der Waals surface area contributed by atoms with Gasteiger partial charge in [-0.25, -0.2) is 0 Å². The summed E-state index contributed by atoms with van der Waals surface area (Å²) in [6.45, 7) is 3.45. The molecule has 3 aliphatic heterocycles. The standard InChI is InChI=1S/C30H48N4O3/c35-29(23-9-8-10-23)34-16-11-22(12-17-34)27-31-28(37-33-27)25-19-26(24-13-18-36-21-24)32-30(20-25)14-6-4-2-1-3-5-7-15-30/h22-26,32H,1-21H2. The smallest absolute Gasteiger partial charge is 0.229 e. The van der Waals surface area contributed by atoms with Crippen LogP contribution in [0, 0.1) is 11.8 Å². The van der Waals surface area contributed by atoms with E-state index in [1.165, 1.54) is 64.2 Å². The first-order valence-corrected chi connectivity index (χ1v) is 15.7. The Morgan fingerprint density at radius 1 is 0.892 bits per heavy atom. The topological polar surface area (TPSA) is 80.5 Å². The maximum Gasteiger partial charge on any atom is 0.229 e. The summed E-state index contributed by atoms with van der Waals surface area (Å²) in [7, 11) is 0. The maximum atomic E-state index is 12.7. The van der Waals surface area contributed by atoms with Crippen LogP contribution in [0.5, 0.6) is 0 Å². The van der Waals surface area contributed by atoms with Crippen molar-refractivity contribution in [3.8, 4) is 0 Å². The van der Waals surface area contributed by atoms with Crippen molar-refractivity contribution in [2.45, 2.75) is 133 Å². The molecule has 5 fully saturated rings. The number of ether oxygens (including phenoxy) is 1. The zero-order chi connectivity index (χ0) is 25.1. The molecule has 0 bridgehead atoms. The molecule has 2 aliphatic carbocycles. The third kappa shape index (κ3) is 5.93. The lowest BCUT2D eigenvalue weighted by Crippen LogP contribution is -2.58. The van der Waals surface area contributed by atoms with Gasteiger partial charge < -0.3 is 19.5 Å². The van der Waals surface area contributed by atoms with Gasteiger partial charge in [0.1, 0.15) is 0 Å². The first-order chi connectivity index (χ1) is 18.2. The normalized spacial score (nSPS) is 32.3. The second-order valence-electron chi connectivity index (χ2n) is 13.0. The number of hydrogen-bond acceptors (Lipinski definition) is 6. The summed E-state index contributed by atoms with van der Waals surface area (Å²) in [5.41, 5.74) is 0.190. The van der Waals surface area contributed by atoms with Crippen molar-refractivity contribution in [1.29, 1.82) is 0 Å². The third-order valence-corrected chi connectivity index (χ3v) is 10.4. The molecule has 0 aromatic carbocycles. The highest BCUT2D eigenvalue weighted by Crippen LogP contribution is 2.43. The SMILES string of the molecule is O=C(C1CCC1)N1CCC(c2noc(C3CC(C4CCOC4)NC4(CCCCCCCCC4)C3)n2)CC1. The van der Waals surface area contributed by atoms with Gasteiger partial charge in [0, 0.05) is 49.0 Å². The van der Waals surface area contributed by atoms with Crippen molar-refractivity contribution < 1.29 is 14.1 Å². The molecular weight excluding hydrogens is 464 g/mol. The molecule has 4 heterocycles. The summed E-state index contributed by atoms with van der Waals surface area (Å²) in [6.07, 6.45) is 20.7. The molecule has 37 heavy (non-hydrogen) atoms. The van der Waals surface area contributed by atoms with Crippen LogP contribution in [0.2, 0.25) is 0 Å². The van der Waals surface area contributed by atoms with Gasteiger partial charge >= 0.3 is 0 Å². The fourth-order valence-corrected chi connectivity index (χ4v) is 7.88. The highest BCUT2D eigenvalue weighted by Gasteiger charge is 2.45. The number of aromatic nitrogens is 2. The molecule has 1 amide bonds. The van der Waals surface area contributed by atoms with Crippen molar-refractivity contribution in [2.75, 3.05) is 26.3 Å². The molecule has 206 valence electrons. The van der Waals surface area contributed by atoms with E-state index in [0.29, 0.717) is 35.6 Å². The van der Waals surface area contributed by atoms with Crippen LogP contribution in [0.4, 0.5) is 0 Å². The molecule has 1 spiro atoms. The van der Waals surface area contributed by atoms with Gasteiger partial charge in [-0.15, -0.1) is 0 Å². The highest BCUT2D eigenvalue weighted by molar-refractivity contribution is 5.79. The van der Waals surface area contributed by atoms with Crippen LogP contribution in [0.3, 0.4) is 0 Å².